The summed E-state index contributed by atoms with van der Waals surface area (Å²) in [6, 6.07) is 9.37. The fraction of sp³-hybridized carbons (Fsp3) is 0.391. The molecule has 6 nitrogen and oxygen atoms in total. The minimum absolute atomic E-state index is 0.0832. The molecule has 0 bridgehead atoms. The van der Waals surface area contributed by atoms with Crippen molar-refractivity contribution in [3.63, 3.8) is 0 Å². The van der Waals surface area contributed by atoms with E-state index in [2.05, 4.69) is 22.2 Å². The number of rotatable bonds is 13. The highest BCUT2D eigenvalue weighted by molar-refractivity contribution is 7.78. The van der Waals surface area contributed by atoms with E-state index in [4.69, 9.17) is 4.74 Å². The van der Waals surface area contributed by atoms with E-state index in [1.165, 1.54) is 37.0 Å². The monoisotopic (exact) mass is 458 g/mol. The molecule has 0 aliphatic carbocycles. The van der Waals surface area contributed by atoms with Gasteiger partial charge in [-0.1, -0.05) is 50.1 Å². The van der Waals surface area contributed by atoms with Crippen molar-refractivity contribution in [1.82, 2.24) is 9.97 Å². The lowest BCUT2D eigenvalue weighted by atomic mass is 10.1. The Morgan fingerprint density at radius 1 is 1.16 bits per heavy atom. The second kappa shape index (κ2) is 12.5. The van der Waals surface area contributed by atoms with Crippen LogP contribution >= 0.6 is 11.3 Å². The van der Waals surface area contributed by atoms with Gasteiger partial charge in [0.1, 0.15) is 5.75 Å². The molecule has 3 aromatic rings. The summed E-state index contributed by atoms with van der Waals surface area (Å²) in [7, 11) is 0. The van der Waals surface area contributed by atoms with E-state index in [0.29, 0.717) is 17.9 Å². The van der Waals surface area contributed by atoms with Gasteiger partial charge in [0.05, 0.1) is 12.3 Å². The van der Waals surface area contributed by atoms with Gasteiger partial charge < -0.3 is 14.6 Å². The maximum Gasteiger partial charge on any atom is 0.187 e. The molecule has 0 saturated carbocycles. The Kier molecular flexibility index (Phi) is 9.45. The SMILES string of the molecule is CCCCCCCCOc1ccc(Nc2nc(-c3cccnc3)cs2)cc1CS(=O)[O-]. The van der Waals surface area contributed by atoms with E-state index in [1.807, 2.05) is 35.7 Å². The van der Waals surface area contributed by atoms with Crippen LogP contribution in [-0.4, -0.2) is 25.3 Å². The van der Waals surface area contributed by atoms with Gasteiger partial charge in [-0.2, -0.15) is 0 Å². The van der Waals surface area contributed by atoms with E-state index in [-0.39, 0.29) is 5.75 Å². The van der Waals surface area contributed by atoms with E-state index in [0.717, 1.165) is 34.9 Å². The molecule has 0 aliphatic rings. The van der Waals surface area contributed by atoms with Gasteiger partial charge in [0.25, 0.3) is 0 Å². The van der Waals surface area contributed by atoms with Crippen molar-refractivity contribution in [2.45, 2.75) is 51.2 Å². The van der Waals surface area contributed by atoms with Gasteiger partial charge in [-0.05, 0) is 36.8 Å². The number of hydrogen-bond acceptors (Lipinski definition) is 7. The third-order valence-corrected chi connectivity index (χ3v) is 6.11. The van der Waals surface area contributed by atoms with Gasteiger partial charge in [0.2, 0.25) is 0 Å². The van der Waals surface area contributed by atoms with Crippen LogP contribution in [0.3, 0.4) is 0 Å². The maximum absolute atomic E-state index is 11.3. The van der Waals surface area contributed by atoms with Crippen LogP contribution in [-0.2, 0) is 16.8 Å². The summed E-state index contributed by atoms with van der Waals surface area (Å²) in [5.74, 6) is 0.540. The predicted molar refractivity (Wildman–Crippen MR) is 127 cm³/mol. The summed E-state index contributed by atoms with van der Waals surface area (Å²) in [6.45, 7) is 2.80. The van der Waals surface area contributed by atoms with Gasteiger partial charge in [-0.3, -0.25) is 9.19 Å². The molecule has 31 heavy (non-hydrogen) atoms. The standard InChI is InChI=1S/C23H29N3O3S2/c1-2-3-4-5-6-7-13-29-22-11-10-20(14-19(22)17-31(27)28)25-23-26-21(16-30-23)18-9-8-12-24-15-18/h8-12,14-16H,2-7,13,17H2,1H3,(H,25,26)(H,27,28)/p-1. The highest BCUT2D eigenvalue weighted by Gasteiger charge is 2.09. The van der Waals surface area contributed by atoms with Crippen molar-refractivity contribution >= 4 is 33.2 Å². The predicted octanol–water partition coefficient (Wildman–Crippen LogP) is 6.07. The Morgan fingerprint density at radius 3 is 2.77 bits per heavy atom. The lowest BCUT2D eigenvalue weighted by Gasteiger charge is -2.15. The smallest absolute Gasteiger partial charge is 0.187 e. The molecule has 166 valence electrons. The van der Waals surface area contributed by atoms with Crippen LogP contribution in [0.2, 0.25) is 0 Å². The summed E-state index contributed by atoms with van der Waals surface area (Å²) in [6.07, 6.45) is 10.6. The zero-order valence-corrected chi connectivity index (χ0v) is 19.3. The third-order valence-electron chi connectivity index (χ3n) is 4.80. The molecule has 1 aromatic carbocycles. The number of aromatic nitrogens is 2. The van der Waals surface area contributed by atoms with Crippen LogP contribution in [0.25, 0.3) is 11.3 Å². The van der Waals surface area contributed by atoms with E-state index in [9.17, 15) is 8.76 Å². The number of anilines is 2. The molecule has 0 amide bonds. The molecule has 8 heteroatoms. The fourth-order valence-corrected chi connectivity index (χ4v) is 4.42. The average Bonchev–Trinajstić information content (AvgIpc) is 3.23. The summed E-state index contributed by atoms with van der Waals surface area (Å²) < 4.78 is 28.6. The molecule has 0 radical (unpaired) electrons. The Hall–Kier alpha value is -2.29. The van der Waals surface area contributed by atoms with Crippen LogP contribution in [0.4, 0.5) is 10.8 Å². The molecular formula is C23H28N3O3S2-. The number of ether oxygens (including phenoxy) is 1. The molecule has 3 rings (SSSR count). The first-order chi connectivity index (χ1) is 15.2. The van der Waals surface area contributed by atoms with Crippen molar-refractivity contribution in [2.24, 2.45) is 0 Å². The maximum atomic E-state index is 11.3. The minimum Gasteiger partial charge on any atom is -0.772 e. The second-order valence-electron chi connectivity index (χ2n) is 7.29. The molecule has 2 heterocycles. The topological polar surface area (TPSA) is 87.2 Å². The van der Waals surface area contributed by atoms with Crippen molar-refractivity contribution in [3.8, 4) is 17.0 Å². The van der Waals surface area contributed by atoms with Crippen LogP contribution in [0, 0.1) is 0 Å². The fourth-order valence-electron chi connectivity index (χ4n) is 3.20. The van der Waals surface area contributed by atoms with Crippen molar-refractivity contribution in [2.75, 3.05) is 11.9 Å². The zero-order chi connectivity index (χ0) is 21.9. The second-order valence-corrected chi connectivity index (χ2v) is 9.05. The lowest BCUT2D eigenvalue weighted by molar-refractivity contribution is 0.302. The molecule has 0 fully saturated rings. The first kappa shape index (κ1) is 23.4. The number of nitrogens with one attached hydrogen (secondary N) is 1. The number of thiazole rings is 1. The first-order valence-corrected chi connectivity index (χ1v) is 12.7. The van der Waals surface area contributed by atoms with Crippen molar-refractivity contribution in [1.29, 1.82) is 0 Å². The summed E-state index contributed by atoms with van der Waals surface area (Å²) in [5, 5.41) is 5.95. The number of nitrogens with zero attached hydrogens (tertiary/aromatic N) is 2. The van der Waals surface area contributed by atoms with Gasteiger partial charge in [-0.15, -0.1) is 11.3 Å². The summed E-state index contributed by atoms with van der Waals surface area (Å²) in [5.41, 5.74) is 3.22. The van der Waals surface area contributed by atoms with Crippen LogP contribution < -0.4 is 10.1 Å². The summed E-state index contributed by atoms with van der Waals surface area (Å²) in [4.78, 5) is 8.72. The highest BCUT2D eigenvalue weighted by atomic mass is 32.2. The normalized spacial score (nSPS) is 11.9. The number of hydrogen-bond donors (Lipinski definition) is 1. The zero-order valence-electron chi connectivity index (χ0n) is 17.7. The summed E-state index contributed by atoms with van der Waals surface area (Å²) >= 11 is -0.708. The number of benzene rings is 1. The van der Waals surface area contributed by atoms with Crippen molar-refractivity contribution in [3.05, 3.63) is 53.7 Å². The highest BCUT2D eigenvalue weighted by Crippen LogP contribution is 2.30. The molecule has 0 aliphatic heterocycles. The number of pyridine rings is 1. The molecule has 0 saturated heterocycles. The molecule has 1 atom stereocenters. The Labute approximate surface area is 190 Å². The Bertz CT molecular complexity index is 964. The average molecular weight is 459 g/mol. The van der Waals surface area contributed by atoms with Crippen LogP contribution in [0.15, 0.2) is 48.1 Å². The third kappa shape index (κ3) is 7.72. The van der Waals surface area contributed by atoms with E-state index in [1.54, 1.807) is 12.4 Å². The molecule has 1 unspecified atom stereocenters. The largest absolute Gasteiger partial charge is 0.772 e. The van der Waals surface area contributed by atoms with Gasteiger partial charge in [0, 0.05) is 40.3 Å². The molecule has 1 N–H and O–H groups in total. The Morgan fingerprint density at radius 2 is 2.00 bits per heavy atom. The molecule has 0 spiro atoms. The Balaban J connectivity index is 1.61. The van der Waals surface area contributed by atoms with E-state index < -0.39 is 11.1 Å². The van der Waals surface area contributed by atoms with Gasteiger partial charge in [-0.25, -0.2) is 4.98 Å². The molecule has 2 aromatic heterocycles. The van der Waals surface area contributed by atoms with E-state index >= 15 is 0 Å². The van der Waals surface area contributed by atoms with Crippen molar-refractivity contribution < 1.29 is 13.5 Å². The first-order valence-electron chi connectivity index (χ1n) is 10.6. The quantitative estimate of drug-likeness (QED) is 0.247. The molecular weight excluding hydrogens is 430 g/mol. The minimum atomic E-state index is -2.19. The van der Waals surface area contributed by atoms with Crippen LogP contribution in [0.1, 0.15) is 51.0 Å². The number of unbranched alkanes of at least 4 members (excludes halogenated alkanes) is 5. The lowest BCUT2D eigenvalue weighted by Crippen LogP contribution is -2.03. The van der Waals surface area contributed by atoms with Gasteiger partial charge in [0.15, 0.2) is 5.13 Å². The van der Waals surface area contributed by atoms with Gasteiger partial charge >= 0.3 is 0 Å². The van der Waals surface area contributed by atoms with Crippen LogP contribution in [0.5, 0.6) is 5.75 Å².